The standard InChI is InChI=1S/C49H42N2/c1-47(2)38-19-13-21-40-44(38)51-45-39(47)20-14-22-41(45)49(5,6)43-30-34(29-42(46(43)51)48(40,3)4)32-23-24-33-28-37(26-25-31(33)27-32)50(35-15-9-7-10-16-35)36-17-11-8-12-18-36/h7-30H,1-6H3. The first-order valence-electron chi connectivity index (χ1n) is 18.3. The summed E-state index contributed by atoms with van der Waals surface area (Å²) in [5.41, 5.74) is 18.2. The molecule has 0 unspecified atom stereocenters. The Morgan fingerprint density at radius 1 is 0.353 bits per heavy atom. The summed E-state index contributed by atoms with van der Waals surface area (Å²) in [7, 11) is 0. The van der Waals surface area contributed by atoms with Crippen molar-refractivity contribution in [2.24, 2.45) is 0 Å². The van der Waals surface area contributed by atoms with Gasteiger partial charge in [-0.1, -0.05) is 133 Å². The van der Waals surface area contributed by atoms with E-state index >= 15 is 0 Å². The van der Waals surface area contributed by atoms with Crippen LogP contribution in [0.3, 0.4) is 0 Å². The Balaban J connectivity index is 1.15. The molecular weight excluding hydrogens is 617 g/mol. The van der Waals surface area contributed by atoms with E-state index in [-0.39, 0.29) is 16.2 Å². The minimum absolute atomic E-state index is 0.0848. The monoisotopic (exact) mass is 658 g/mol. The maximum atomic E-state index is 2.65. The van der Waals surface area contributed by atoms with Gasteiger partial charge in [0.1, 0.15) is 0 Å². The lowest BCUT2D eigenvalue weighted by Crippen LogP contribution is -2.43. The summed E-state index contributed by atoms with van der Waals surface area (Å²) in [4.78, 5) is 4.98. The van der Waals surface area contributed by atoms with Crippen LogP contribution in [0.2, 0.25) is 0 Å². The summed E-state index contributed by atoms with van der Waals surface area (Å²) in [5, 5.41) is 2.47. The molecule has 0 aromatic heterocycles. The lowest BCUT2D eigenvalue weighted by Gasteiger charge is -2.55. The third-order valence-corrected chi connectivity index (χ3v) is 12.3. The van der Waals surface area contributed by atoms with Crippen molar-refractivity contribution >= 4 is 44.9 Å². The van der Waals surface area contributed by atoms with Gasteiger partial charge in [0.2, 0.25) is 0 Å². The lowest BCUT2D eigenvalue weighted by atomic mass is 9.60. The molecule has 0 fully saturated rings. The summed E-state index contributed by atoms with van der Waals surface area (Å²) in [5.74, 6) is 0. The van der Waals surface area contributed by atoms with Crippen LogP contribution in [0.1, 0.15) is 74.9 Å². The van der Waals surface area contributed by atoms with Crippen molar-refractivity contribution in [3.8, 4) is 11.1 Å². The zero-order chi connectivity index (χ0) is 34.9. The van der Waals surface area contributed by atoms with Gasteiger partial charge in [0, 0.05) is 33.3 Å². The molecule has 7 aromatic rings. The van der Waals surface area contributed by atoms with E-state index in [1.165, 1.54) is 72.3 Å². The van der Waals surface area contributed by atoms with Gasteiger partial charge in [0.25, 0.3) is 0 Å². The molecule has 51 heavy (non-hydrogen) atoms. The number of anilines is 6. The van der Waals surface area contributed by atoms with Crippen LogP contribution in [0.4, 0.5) is 34.1 Å². The van der Waals surface area contributed by atoms with Crippen molar-refractivity contribution in [1.29, 1.82) is 0 Å². The number of para-hydroxylation sites is 4. The fourth-order valence-corrected chi connectivity index (χ4v) is 9.50. The minimum atomic E-state index is -0.165. The Hall–Kier alpha value is -5.60. The molecule has 248 valence electrons. The fraction of sp³-hybridized carbons (Fsp3) is 0.184. The van der Waals surface area contributed by atoms with Crippen LogP contribution in [0.15, 0.2) is 146 Å². The van der Waals surface area contributed by atoms with Gasteiger partial charge in [-0.3, -0.25) is 0 Å². The molecular formula is C49H42N2. The summed E-state index contributed by atoms with van der Waals surface area (Å²) in [6.07, 6.45) is 0. The van der Waals surface area contributed by atoms with Gasteiger partial charge in [-0.05, 0) is 110 Å². The zero-order valence-electron chi connectivity index (χ0n) is 30.3. The topological polar surface area (TPSA) is 6.48 Å². The van der Waals surface area contributed by atoms with Crippen molar-refractivity contribution in [1.82, 2.24) is 0 Å². The molecule has 0 aliphatic carbocycles. The summed E-state index contributed by atoms with van der Waals surface area (Å²) in [6.45, 7) is 14.6. The average Bonchev–Trinajstić information content (AvgIpc) is 3.14. The second kappa shape index (κ2) is 10.2. The highest BCUT2D eigenvalue weighted by Crippen LogP contribution is 2.66. The van der Waals surface area contributed by atoms with Crippen LogP contribution in [-0.2, 0) is 16.2 Å². The van der Waals surface area contributed by atoms with Crippen molar-refractivity contribution in [3.63, 3.8) is 0 Å². The third kappa shape index (κ3) is 4.05. The average molecular weight is 659 g/mol. The molecule has 0 amide bonds. The molecule has 0 spiro atoms. The van der Waals surface area contributed by atoms with E-state index in [2.05, 4.69) is 197 Å². The van der Waals surface area contributed by atoms with Crippen molar-refractivity contribution in [2.45, 2.75) is 57.8 Å². The maximum Gasteiger partial charge on any atom is 0.0544 e. The Morgan fingerprint density at radius 3 is 1.29 bits per heavy atom. The number of fused-ring (bicyclic) bond motifs is 1. The number of benzene rings is 7. The first-order valence-corrected chi connectivity index (χ1v) is 18.3. The van der Waals surface area contributed by atoms with Crippen LogP contribution < -0.4 is 9.80 Å². The van der Waals surface area contributed by atoms with E-state index < -0.39 is 0 Å². The molecule has 2 nitrogen and oxygen atoms in total. The second-order valence-corrected chi connectivity index (χ2v) is 16.3. The SMILES string of the molecule is CC1(C)c2cccc3c2N2c4c1cccc4C(C)(C)c1cc(-c4ccc5cc(N(c6ccccc6)c6ccccc6)ccc5c4)cc(c12)C3(C)C. The first-order chi connectivity index (χ1) is 24.6. The van der Waals surface area contributed by atoms with E-state index in [1.807, 2.05) is 0 Å². The fourth-order valence-electron chi connectivity index (χ4n) is 9.50. The second-order valence-electron chi connectivity index (χ2n) is 16.3. The molecule has 10 rings (SSSR count). The van der Waals surface area contributed by atoms with Gasteiger partial charge in [-0.25, -0.2) is 0 Å². The summed E-state index contributed by atoms with van der Waals surface area (Å²) < 4.78 is 0. The van der Waals surface area contributed by atoms with Crippen LogP contribution >= 0.6 is 0 Å². The Bertz CT molecular complexity index is 2430. The largest absolute Gasteiger partial charge is 0.310 e. The summed E-state index contributed by atoms with van der Waals surface area (Å²) >= 11 is 0. The van der Waals surface area contributed by atoms with Crippen molar-refractivity contribution in [3.05, 3.63) is 179 Å². The molecule has 7 aromatic carbocycles. The first kappa shape index (κ1) is 30.2. The minimum Gasteiger partial charge on any atom is -0.310 e. The molecule has 0 bridgehead atoms. The van der Waals surface area contributed by atoms with Crippen molar-refractivity contribution < 1.29 is 0 Å². The maximum absolute atomic E-state index is 2.65. The summed E-state index contributed by atoms with van der Waals surface area (Å²) in [6, 6.07) is 54.2. The van der Waals surface area contributed by atoms with Gasteiger partial charge in [0.15, 0.2) is 0 Å². The number of hydrogen-bond acceptors (Lipinski definition) is 2. The normalized spacial score (nSPS) is 16.5. The highest BCUT2D eigenvalue weighted by molar-refractivity contribution is 6.00. The van der Waals surface area contributed by atoms with E-state index in [4.69, 9.17) is 0 Å². The van der Waals surface area contributed by atoms with E-state index in [9.17, 15) is 0 Å². The Morgan fingerprint density at radius 2 is 0.784 bits per heavy atom. The number of hydrogen-bond donors (Lipinski definition) is 0. The van der Waals surface area contributed by atoms with Gasteiger partial charge >= 0.3 is 0 Å². The molecule has 3 aliphatic rings. The molecule has 0 saturated heterocycles. The predicted octanol–water partition coefficient (Wildman–Crippen LogP) is 13.4. The Labute approximate surface area is 301 Å². The molecule has 0 atom stereocenters. The molecule has 3 aliphatic heterocycles. The van der Waals surface area contributed by atoms with Crippen LogP contribution in [-0.4, -0.2) is 0 Å². The van der Waals surface area contributed by atoms with E-state index in [1.54, 1.807) is 0 Å². The zero-order valence-corrected chi connectivity index (χ0v) is 30.3. The quantitative estimate of drug-likeness (QED) is 0.186. The van der Waals surface area contributed by atoms with E-state index in [0.717, 1.165) is 17.1 Å². The van der Waals surface area contributed by atoms with Gasteiger partial charge < -0.3 is 9.80 Å². The molecule has 0 radical (unpaired) electrons. The molecule has 0 N–H and O–H groups in total. The van der Waals surface area contributed by atoms with Gasteiger partial charge in [0.05, 0.1) is 17.1 Å². The number of nitrogens with zero attached hydrogens (tertiary/aromatic N) is 2. The highest BCUT2D eigenvalue weighted by atomic mass is 15.2. The van der Waals surface area contributed by atoms with Crippen molar-refractivity contribution in [2.75, 3.05) is 9.80 Å². The predicted molar refractivity (Wildman–Crippen MR) is 215 cm³/mol. The Kier molecular flexibility index (Phi) is 6.07. The van der Waals surface area contributed by atoms with Crippen LogP contribution in [0.25, 0.3) is 21.9 Å². The molecule has 2 heteroatoms. The smallest absolute Gasteiger partial charge is 0.0544 e. The molecule has 3 heterocycles. The molecule has 0 saturated carbocycles. The van der Waals surface area contributed by atoms with Crippen LogP contribution in [0, 0.1) is 0 Å². The third-order valence-electron chi connectivity index (χ3n) is 12.3. The van der Waals surface area contributed by atoms with Gasteiger partial charge in [-0.2, -0.15) is 0 Å². The van der Waals surface area contributed by atoms with E-state index in [0.29, 0.717) is 0 Å². The highest BCUT2D eigenvalue weighted by Gasteiger charge is 2.51. The lowest BCUT2D eigenvalue weighted by molar-refractivity contribution is 0.567. The number of rotatable bonds is 4. The van der Waals surface area contributed by atoms with Crippen LogP contribution in [0.5, 0.6) is 0 Å². The van der Waals surface area contributed by atoms with Gasteiger partial charge in [-0.15, -0.1) is 0 Å².